The lowest BCUT2D eigenvalue weighted by atomic mass is 9.94. The van der Waals surface area contributed by atoms with Crippen LogP contribution < -0.4 is 15.4 Å². The maximum Gasteiger partial charge on any atom is 0.408 e. The SMILES string of the molecule is CCCCN(C(=O)C(CS)NC(=O)OC(C)(C)C)C(C(=O)Nc1ccc(OC)cc1)c1cccc(C)c1C. The fourth-order valence-corrected chi connectivity index (χ4v) is 4.18. The van der Waals surface area contributed by atoms with Crippen LogP contribution in [0.2, 0.25) is 0 Å². The number of methoxy groups -OCH3 is 1. The van der Waals surface area contributed by atoms with Gasteiger partial charge in [-0.3, -0.25) is 9.59 Å². The van der Waals surface area contributed by atoms with Gasteiger partial charge in [-0.1, -0.05) is 31.5 Å². The van der Waals surface area contributed by atoms with Crippen LogP contribution in [0.15, 0.2) is 42.5 Å². The molecule has 2 N–H and O–H groups in total. The Morgan fingerprint density at radius 1 is 1.05 bits per heavy atom. The summed E-state index contributed by atoms with van der Waals surface area (Å²) in [4.78, 5) is 41.9. The summed E-state index contributed by atoms with van der Waals surface area (Å²) >= 11 is 4.34. The number of hydrogen-bond acceptors (Lipinski definition) is 6. The number of hydrogen-bond donors (Lipinski definition) is 3. The second-order valence-electron chi connectivity index (χ2n) is 10.2. The van der Waals surface area contributed by atoms with Crippen LogP contribution in [0.3, 0.4) is 0 Å². The van der Waals surface area contributed by atoms with Crippen molar-refractivity contribution in [2.24, 2.45) is 0 Å². The number of nitrogens with zero attached hydrogens (tertiary/aromatic N) is 1. The molecule has 0 bridgehead atoms. The van der Waals surface area contributed by atoms with E-state index in [0.717, 1.165) is 23.1 Å². The number of thiol groups is 1. The molecule has 0 aliphatic carbocycles. The number of rotatable bonds is 11. The van der Waals surface area contributed by atoms with Gasteiger partial charge in [0.1, 0.15) is 23.4 Å². The Bertz CT molecular complexity index is 1100. The molecule has 2 aromatic carbocycles. The molecule has 0 spiro atoms. The molecule has 2 unspecified atom stereocenters. The van der Waals surface area contributed by atoms with E-state index < -0.39 is 29.7 Å². The van der Waals surface area contributed by atoms with Crippen molar-refractivity contribution in [3.63, 3.8) is 0 Å². The van der Waals surface area contributed by atoms with E-state index in [4.69, 9.17) is 9.47 Å². The van der Waals surface area contributed by atoms with E-state index in [1.54, 1.807) is 57.0 Å². The minimum atomic E-state index is -0.980. The molecule has 208 valence electrons. The van der Waals surface area contributed by atoms with E-state index in [2.05, 4.69) is 23.3 Å². The van der Waals surface area contributed by atoms with Crippen molar-refractivity contribution in [1.29, 1.82) is 0 Å². The van der Waals surface area contributed by atoms with E-state index in [0.29, 0.717) is 24.4 Å². The maximum absolute atomic E-state index is 13.9. The molecule has 9 heteroatoms. The smallest absolute Gasteiger partial charge is 0.408 e. The summed E-state index contributed by atoms with van der Waals surface area (Å²) in [5.74, 6) is -0.0578. The summed E-state index contributed by atoms with van der Waals surface area (Å²) in [6.07, 6.45) is 0.773. The molecule has 0 saturated carbocycles. The Morgan fingerprint density at radius 2 is 1.71 bits per heavy atom. The van der Waals surface area contributed by atoms with E-state index in [-0.39, 0.29) is 11.7 Å². The number of aryl methyl sites for hydroxylation is 1. The lowest BCUT2D eigenvalue weighted by Gasteiger charge is -2.35. The topological polar surface area (TPSA) is 97.0 Å². The lowest BCUT2D eigenvalue weighted by molar-refractivity contribution is -0.140. The molecule has 38 heavy (non-hydrogen) atoms. The summed E-state index contributed by atoms with van der Waals surface area (Å²) in [5, 5.41) is 5.60. The summed E-state index contributed by atoms with van der Waals surface area (Å²) in [6, 6.07) is 10.8. The molecule has 0 aliphatic heterocycles. The molecule has 2 rings (SSSR count). The third-order valence-corrected chi connectivity index (χ3v) is 6.43. The van der Waals surface area contributed by atoms with Gasteiger partial charge >= 0.3 is 6.09 Å². The van der Waals surface area contributed by atoms with Crippen molar-refractivity contribution in [3.05, 3.63) is 59.2 Å². The fourth-order valence-electron chi connectivity index (χ4n) is 3.94. The van der Waals surface area contributed by atoms with Crippen molar-refractivity contribution in [3.8, 4) is 5.75 Å². The van der Waals surface area contributed by atoms with Crippen LogP contribution in [-0.2, 0) is 14.3 Å². The summed E-state index contributed by atoms with van der Waals surface area (Å²) in [5.41, 5.74) is 2.49. The molecule has 0 aromatic heterocycles. The molecular weight excluding hydrogens is 502 g/mol. The first-order chi connectivity index (χ1) is 17.9. The number of alkyl carbamates (subject to hydrolysis) is 1. The molecule has 0 fully saturated rings. The number of unbranched alkanes of at least 4 members (excludes halogenated alkanes) is 1. The molecular formula is C29H41N3O5S. The van der Waals surface area contributed by atoms with Crippen molar-refractivity contribution in [1.82, 2.24) is 10.2 Å². The summed E-state index contributed by atoms with van der Waals surface area (Å²) in [7, 11) is 1.57. The molecule has 8 nitrogen and oxygen atoms in total. The number of benzene rings is 2. The zero-order valence-corrected chi connectivity index (χ0v) is 24.4. The molecule has 0 saturated heterocycles. The Morgan fingerprint density at radius 3 is 2.26 bits per heavy atom. The molecule has 2 aromatic rings. The summed E-state index contributed by atoms with van der Waals surface area (Å²) in [6.45, 7) is 11.5. The molecule has 0 heterocycles. The van der Waals surface area contributed by atoms with Gasteiger partial charge < -0.3 is 25.0 Å². The highest BCUT2D eigenvalue weighted by atomic mass is 32.1. The minimum absolute atomic E-state index is 0.0420. The zero-order chi connectivity index (χ0) is 28.5. The van der Waals surface area contributed by atoms with Gasteiger partial charge in [0.2, 0.25) is 5.91 Å². The highest BCUT2D eigenvalue weighted by Crippen LogP contribution is 2.29. The molecule has 0 aliphatic rings. The van der Waals surface area contributed by atoms with Crippen LogP contribution in [0.5, 0.6) is 5.75 Å². The van der Waals surface area contributed by atoms with Gasteiger partial charge in [-0.05, 0) is 82.0 Å². The van der Waals surface area contributed by atoms with Gasteiger partial charge in [0.25, 0.3) is 5.91 Å². The number of nitrogens with one attached hydrogen (secondary N) is 2. The number of ether oxygens (including phenoxy) is 2. The quantitative estimate of drug-likeness (QED) is 0.328. The predicted molar refractivity (Wildman–Crippen MR) is 154 cm³/mol. The highest BCUT2D eigenvalue weighted by molar-refractivity contribution is 7.80. The zero-order valence-electron chi connectivity index (χ0n) is 23.5. The van der Waals surface area contributed by atoms with Crippen molar-refractivity contribution in [2.45, 2.75) is 72.1 Å². The van der Waals surface area contributed by atoms with Crippen molar-refractivity contribution in [2.75, 3.05) is 24.7 Å². The van der Waals surface area contributed by atoms with Crippen LogP contribution in [0.4, 0.5) is 10.5 Å². The monoisotopic (exact) mass is 543 g/mol. The maximum atomic E-state index is 13.9. The lowest BCUT2D eigenvalue weighted by Crippen LogP contribution is -2.53. The standard InChI is InChI=1S/C29H41N3O5S/c1-8-9-17-32(27(34)24(18-38)31-28(35)37-29(4,5)6)25(23-12-10-11-19(2)20(23)3)26(33)30-21-13-15-22(36-7)16-14-21/h10-16,24-25,38H,8-9,17-18H2,1-7H3,(H,30,33)(H,31,35). The van der Waals surface area contributed by atoms with Crippen molar-refractivity contribution < 1.29 is 23.9 Å². The first-order valence-corrected chi connectivity index (χ1v) is 13.5. The molecule has 0 radical (unpaired) electrons. The Hall–Kier alpha value is -3.20. The second kappa shape index (κ2) is 14.1. The van der Waals surface area contributed by atoms with E-state index in [1.807, 2.05) is 39.0 Å². The average molecular weight is 544 g/mol. The Kier molecular flexibility index (Phi) is 11.5. The summed E-state index contributed by atoms with van der Waals surface area (Å²) < 4.78 is 10.6. The average Bonchev–Trinajstić information content (AvgIpc) is 2.86. The first kappa shape index (κ1) is 31.0. The van der Waals surface area contributed by atoms with Crippen LogP contribution in [0.25, 0.3) is 0 Å². The van der Waals surface area contributed by atoms with E-state index >= 15 is 0 Å². The third kappa shape index (κ3) is 8.68. The predicted octanol–water partition coefficient (Wildman–Crippen LogP) is 5.44. The number of anilines is 1. The first-order valence-electron chi connectivity index (χ1n) is 12.8. The third-order valence-electron chi connectivity index (χ3n) is 6.07. The van der Waals surface area contributed by atoms with Crippen LogP contribution in [-0.4, -0.2) is 53.9 Å². The second-order valence-corrected chi connectivity index (χ2v) is 10.5. The van der Waals surface area contributed by atoms with Crippen LogP contribution in [0.1, 0.15) is 63.3 Å². The number of carbonyl (C=O) groups is 3. The molecule has 3 amide bonds. The van der Waals surface area contributed by atoms with Gasteiger partial charge in [-0.15, -0.1) is 0 Å². The van der Waals surface area contributed by atoms with Crippen molar-refractivity contribution >= 4 is 36.2 Å². The number of amides is 3. The Labute approximate surface area is 231 Å². The minimum Gasteiger partial charge on any atom is -0.497 e. The van der Waals surface area contributed by atoms with Gasteiger partial charge in [0.05, 0.1) is 7.11 Å². The fraction of sp³-hybridized carbons (Fsp3) is 0.483. The normalized spacial score (nSPS) is 12.7. The van der Waals surface area contributed by atoms with Gasteiger partial charge in [-0.25, -0.2) is 4.79 Å². The van der Waals surface area contributed by atoms with E-state index in [1.165, 1.54) is 0 Å². The van der Waals surface area contributed by atoms with Crippen LogP contribution >= 0.6 is 12.6 Å². The Balaban J connectivity index is 2.51. The van der Waals surface area contributed by atoms with Crippen LogP contribution in [0, 0.1) is 13.8 Å². The highest BCUT2D eigenvalue weighted by Gasteiger charge is 2.36. The van der Waals surface area contributed by atoms with Gasteiger partial charge in [-0.2, -0.15) is 12.6 Å². The molecule has 2 atom stereocenters. The van der Waals surface area contributed by atoms with Gasteiger partial charge in [0.15, 0.2) is 0 Å². The number of carbonyl (C=O) groups excluding carboxylic acids is 3. The van der Waals surface area contributed by atoms with E-state index in [9.17, 15) is 14.4 Å². The van der Waals surface area contributed by atoms with Gasteiger partial charge in [0, 0.05) is 18.0 Å². The largest absolute Gasteiger partial charge is 0.497 e.